The van der Waals surface area contributed by atoms with Gasteiger partial charge in [-0.1, -0.05) is 49.1 Å². The number of hydrogen-bond acceptors (Lipinski definition) is 4. The zero-order valence-electron chi connectivity index (χ0n) is 15.9. The molecule has 0 radical (unpaired) electrons. The van der Waals surface area contributed by atoms with Crippen molar-refractivity contribution < 1.29 is 9.72 Å². The number of nitrogens with one attached hydrogen (secondary N) is 1. The minimum absolute atomic E-state index is 0.00941. The number of anilines is 1. The number of carbonyl (C=O) groups excluding carboxylic acids is 1. The van der Waals surface area contributed by atoms with Crippen molar-refractivity contribution >= 4 is 28.9 Å². The molecule has 3 rings (SSSR count). The molecule has 1 aliphatic carbocycles. The van der Waals surface area contributed by atoms with Crippen LogP contribution in [0.3, 0.4) is 0 Å². The van der Waals surface area contributed by atoms with E-state index in [4.69, 9.17) is 11.6 Å². The monoisotopic (exact) mass is 401 g/mol. The largest absolute Gasteiger partial charge is 0.321 e. The first-order valence-corrected chi connectivity index (χ1v) is 9.87. The predicted molar refractivity (Wildman–Crippen MR) is 111 cm³/mol. The molecule has 1 aliphatic rings. The molecule has 2 aromatic rings. The van der Waals surface area contributed by atoms with E-state index in [1.54, 1.807) is 0 Å². The van der Waals surface area contributed by atoms with E-state index in [0.29, 0.717) is 18.3 Å². The van der Waals surface area contributed by atoms with E-state index in [1.807, 2.05) is 24.3 Å². The average Bonchev–Trinajstić information content (AvgIpc) is 2.70. The molecule has 7 heteroatoms. The highest BCUT2D eigenvalue weighted by Gasteiger charge is 2.22. The van der Waals surface area contributed by atoms with Gasteiger partial charge in [0.25, 0.3) is 11.6 Å². The molecule has 28 heavy (non-hydrogen) atoms. The van der Waals surface area contributed by atoms with E-state index in [9.17, 15) is 14.9 Å². The van der Waals surface area contributed by atoms with E-state index < -0.39 is 10.8 Å². The smallest absolute Gasteiger partial charge is 0.283 e. The van der Waals surface area contributed by atoms with Gasteiger partial charge < -0.3 is 5.32 Å². The van der Waals surface area contributed by atoms with Crippen molar-refractivity contribution in [2.24, 2.45) is 0 Å². The van der Waals surface area contributed by atoms with Crippen LogP contribution in [-0.4, -0.2) is 28.8 Å². The van der Waals surface area contributed by atoms with Gasteiger partial charge in [-0.3, -0.25) is 19.8 Å². The third-order valence-corrected chi connectivity index (χ3v) is 5.52. The highest BCUT2D eigenvalue weighted by atomic mass is 35.5. The fourth-order valence-corrected chi connectivity index (χ4v) is 3.90. The van der Waals surface area contributed by atoms with Crippen LogP contribution in [0, 0.1) is 10.1 Å². The summed E-state index contributed by atoms with van der Waals surface area (Å²) in [5.74, 6) is -0.517. The van der Waals surface area contributed by atoms with E-state index in [-0.39, 0.29) is 16.3 Å². The highest BCUT2D eigenvalue weighted by Crippen LogP contribution is 2.27. The second-order valence-electron chi connectivity index (χ2n) is 7.24. The first kappa shape index (κ1) is 20.3. The Labute approximate surface area is 169 Å². The summed E-state index contributed by atoms with van der Waals surface area (Å²) >= 11 is 5.84. The van der Waals surface area contributed by atoms with E-state index in [1.165, 1.54) is 50.3 Å². The molecule has 0 saturated heterocycles. The Bertz CT molecular complexity index is 866. The average molecular weight is 402 g/mol. The van der Waals surface area contributed by atoms with Crippen LogP contribution in [0.5, 0.6) is 0 Å². The molecule has 1 saturated carbocycles. The number of halogens is 1. The van der Waals surface area contributed by atoms with E-state index >= 15 is 0 Å². The molecule has 0 aliphatic heterocycles. The van der Waals surface area contributed by atoms with Crippen LogP contribution in [0.2, 0.25) is 5.02 Å². The lowest BCUT2D eigenvalue weighted by Gasteiger charge is -2.31. The van der Waals surface area contributed by atoms with Gasteiger partial charge in [0.05, 0.1) is 4.92 Å². The standard InChI is InChI=1S/C21H24ClN3O3/c1-24(17-8-3-2-4-9-17)14-15-7-5-6-10-19(15)23-21(26)18-12-11-16(22)13-20(18)25(27)28/h5-7,10-13,17H,2-4,8-9,14H2,1H3,(H,23,26). The summed E-state index contributed by atoms with van der Waals surface area (Å²) in [7, 11) is 2.11. The van der Waals surface area contributed by atoms with Gasteiger partial charge in [0.2, 0.25) is 0 Å². The van der Waals surface area contributed by atoms with Gasteiger partial charge in [-0.15, -0.1) is 0 Å². The third-order valence-electron chi connectivity index (χ3n) is 5.28. The minimum atomic E-state index is -0.594. The van der Waals surface area contributed by atoms with Crippen LogP contribution in [-0.2, 0) is 6.54 Å². The first-order valence-electron chi connectivity index (χ1n) is 9.49. The summed E-state index contributed by atoms with van der Waals surface area (Å²) in [5.41, 5.74) is 1.34. The molecule has 148 valence electrons. The Morgan fingerprint density at radius 3 is 2.64 bits per heavy atom. The maximum Gasteiger partial charge on any atom is 0.283 e. The number of hydrogen-bond donors (Lipinski definition) is 1. The van der Waals surface area contributed by atoms with Crippen molar-refractivity contribution in [2.45, 2.75) is 44.7 Å². The van der Waals surface area contributed by atoms with Crippen molar-refractivity contribution in [3.63, 3.8) is 0 Å². The van der Waals surface area contributed by atoms with E-state index in [0.717, 1.165) is 5.56 Å². The van der Waals surface area contributed by atoms with Crippen LogP contribution in [0.1, 0.15) is 48.0 Å². The lowest BCUT2D eigenvalue weighted by molar-refractivity contribution is -0.385. The van der Waals surface area contributed by atoms with Gasteiger partial charge in [-0.05, 0) is 43.7 Å². The summed E-state index contributed by atoms with van der Waals surface area (Å²) in [4.78, 5) is 25.7. The molecule has 1 amide bonds. The van der Waals surface area contributed by atoms with Gasteiger partial charge in [-0.25, -0.2) is 0 Å². The highest BCUT2D eigenvalue weighted by molar-refractivity contribution is 6.31. The number of nitrogens with zero attached hydrogens (tertiary/aromatic N) is 2. The fourth-order valence-electron chi connectivity index (χ4n) is 3.74. The topological polar surface area (TPSA) is 75.5 Å². The molecule has 0 atom stereocenters. The predicted octanol–water partition coefficient (Wildman–Crippen LogP) is 5.27. The molecule has 0 bridgehead atoms. The van der Waals surface area contributed by atoms with Crippen molar-refractivity contribution in [2.75, 3.05) is 12.4 Å². The number of para-hydroxylation sites is 1. The Kier molecular flexibility index (Phi) is 6.65. The number of carbonyl (C=O) groups is 1. The maximum atomic E-state index is 12.7. The Balaban J connectivity index is 1.78. The number of benzene rings is 2. The molecule has 0 unspecified atom stereocenters. The number of amides is 1. The summed E-state index contributed by atoms with van der Waals surface area (Å²) in [5, 5.41) is 14.3. The van der Waals surface area contributed by atoms with Gasteiger partial charge >= 0.3 is 0 Å². The van der Waals surface area contributed by atoms with Crippen LogP contribution >= 0.6 is 11.6 Å². The minimum Gasteiger partial charge on any atom is -0.321 e. The number of nitro groups is 1. The van der Waals surface area contributed by atoms with Crippen molar-refractivity contribution in [1.29, 1.82) is 0 Å². The van der Waals surface area contributed by atoms with Crippen molar-refractivity contribution in [3.05, 3.63) is 68.7 Å². The molecule has 0 heterocycles. The first-order chi connectivity index (χ1) is 13.5. The summed E-state index contributed by atoms with van der Waals surface area (Å²) in [6.07, 6.45) is 6.21. The lowest BCUT2D eigenvalue weighted by Crippen LogP contribution is -2.33. The van der Waals surface area contributed by atoms with E-state index in [2.05, 4.69) is 17.3 Å². The number of nitro benzene ring substituents is 1. The summed E-state index contributed by atoms with van der Waals surface area (Å²) in [6.45, 7) is 0.712. The SMILES string of the molecule is CN(Cc1ccccc1NC(=O)c1ccc(Cl)cc1[N+](=O)[O-])C1CCCCC1. The molecule has 0 spiro atoms. The summed E-state index contributed by atoms with van der Waals surface area (Å²) in [6, 6.07) is 12.2. The zero-order valence-corrected chi connectivity index (χ0v) is 16.6. The van der Waals surface area contributed by atoms with Crippen LogP contribution in [0.25, 0.3) is 0 Å². The summed E-state index contributed by atoms with van der Waals surface area (Å²) < 4.78 is 0. The van der Waals surface area contributed by atoms with Crippen molar-refractivity contribution in [3.8, 4) is 0 Å². The molecule has 2 aromatic carbocycles. The second-order valence-corrected chi connectivity index (χ2v) is 7.67. The Morgan fingerprint density at radius 2 is 1.93 bits per heavy atom. The van der Waals surface area contributed by atoms with Crippen LogP contribution in [0.15, 0.2) is 42.5 Å². The molecular weight excluding hydrogens is 378 g/mol. The maximum absolute atomic E-state index is 12.7. The molecule has 6 nitrogen and oxygen atoms in total. The van der Waals surface area contributed by atoms with Gasteiger partial charge in [0, 0.05) is 29.4 Å². The molecule has 1 N–H and O–H groups in total. The molecular formula is C21H24ClN3O3. The van der Waals surface area contributed by atoms with Crippen LogP contribution < -0.4 is 5.32 Å². The zero-order chi connectivity index (χ0) is 20.1. The van der Waals surface area contributed by atoms with Gasteiger partial charge in [0.15, 0.2) is 0 Å². The fraction of sp³-hybridized carbons (Fsp3) is 0.381. The third kappa shape index (κ3) is 4.88. The molecule has 1 fully saturated rings. The quantitative estimate of drug-likeness (QED) is 0.528. The Hall–Kier alpha value is -2.44. The van der Waals surface area contributed by atoms with Crippen molar-refractivity contribution in [1.82, 2.24) is 4.90 Å². The van der Waals surface area contributed by atoms with Gasteiger partial charge in [-0.2, -0.15) is 0 Å². The normalized spacial score (nSPS) is 14.8. The number of rotatable bonds is 6. The lowest BCUT2D eigenvalue weighted by atomic mass is 9.94. The van der Waals surface area contributed by atoms with Crippen LogP contribution in [0.4, 0.5) is 11.4 Å². The Morgan fingerprint density at radius 1 is 1.21 bits per heavy atom. The van der Waals surface area contributed by atoms with Gasteiger partial charge in [0.1, 0.15) is 5.56 Å². The molecule has 0 aromatic heterocycles. The second kappa shape index (κ2) is 9.17.